The van der Waals surface area contributed by atoms with Gasteiger partial charge in [-0.1, -0.05) is 43.5 Å². The van der Waals surface area contributed by atoms with Crippen molar-refractivity contribution in [3.8, 4) is 11.3 Å². The van der Waals surface area contributed by atoms with Gasteiger partial charge in [-0.05, 0) is 25.0 Å². The molecule has 2 aromatic carbocycles. The van der Waals surface area contributed by atoms with E-state index in [0.717, 1.165) is 25.7 Å². The molecule has 1 aliphatic carbocycles. The quantitative estimate of drug-likeness (QED) is 0.489. The van der Waals surface area contributed by atoms with E-state index in [2.05, 4.69) is 5.10 Å². The van der Waals surface area contributed by atoms with Crippen LogP contribution >= 0.6 is 0 Å². The molecule has 1 heterocycles. The van der Waals surface area contributed by atoms with E-state index in [-0.39, 0.29) is 16.2 Å². The minimum Gasteiger partial charge on any atom is -0.366 e. The van der Waals surface area contributed by atoms with Gasteiger partial charge in [0.05, 0.1) is 16.0 Å². The Labute approximate surface area is 168 Å². The van der Waals surface area contributed by atoms with Crippen molar-refractivity contribution in [3.63, 3.8) is 0 Å². The predicted molar refractivity (Wildman–Crippen MR) is 114 cm³/mol. The number of hydrogen-bond acceptors (Lipinski definition) is 5. The highest BCUT2D eigenvalue weighted by Gasteiger charge is 2.25. The van der Waals surface area contributed by atoms with Gasteiger partial charge in [0.1, 0.15) is 5.69 Å². The van der Waals surface area contributed by atoms with Crippen molar-refractivity contribution in [1.82, 2.24) is 9.78 Å². The van der Waals surface area contributed by atoms with Gasteiger partial charge in [-0.3, -0.25) is 14.9 Å². The van der Waals surface area contributed by atoms with Gasteiger partial charge in [-0.2, -0.15) is 5.10 Å². The maximum atomic E-state index is 12.4. The zero-order valence-electron chi connectivity index (χ0n) is 16.7. The molecule has 150 valence electrons. The highest BCUT2D eigenvalue weighted by Crippen LogP contribution is 2.36. The number of anilines is 1. The van der Waals surface area contributed by atoms with Gasteiger partial charge in [0.15, 0.2) is 0 Å². The Morgan fingerprint density at radius 3 is 2.48 bits per heavy atom. The highest BCUT2D eigenvalue weighted by molar-refractivity contribution is 5.94. The summed E-state index contributed by atoms with van der Waals surface area (Å²) in [5.74, 6) is 0. The Kier molecular flexibility index (Phi) is 5.05. The van der Waals surface area contributed by atoms with Crippen LogP contribution in [0.2, 0.25) is 0 Å². The number of rotatable bonds is 4. The van der Waals surface area contributed by atoms with Crippen molar-refractivity contribution in [2.24, 2.45) is 7.05 Å². The number of nitro benzene ring substituents is 1. The summed E-state index contributed by atoms with van der Waals surface area (Å²) >= 11 is 0. The zero-order valence-corrected chi connectivity index (χ0v) is 16.7. The fourth-order valence-corrected chi connectivity index (χ4v) is 4.29. The van der Waals surface area contributed by atoms with Crippen LogP contribution in [0.4, 0.5) is 11.4 Å². The van der Waals surface area contributed by atoms with Gasteiger partial charge in [0.25, 0.3) is 11.2 Å². The van der Waals surface area contributed by atoms with Crippen LogP contribution in [0.1, 0.15) is 32.1 Å². The Bertz CT molecular complexity index is 1130. The fourth-order valence-electron chi connectivity index (χ4n) is 4.29. The van der Waals surface area contributed by atoms with Crippen LogP contribution in [-0.2, 0) is 7.05 Å². The van der Waals surface area contributed by atoms with Gasteiger partial charge >= 0.3 is 0 Å². The number of benzene rings is 2. The lowest BCUT2D eigenvalue weighted by atomic mass is 9.94. The van der Waals surface area contributed by atoms with Gasteiger partial charge in [-0.15, -0.1) is 0 Å². The summed E-state index contributed by atoms with van der Waals surface area (Å²) in [5.41, 5.74) is 1.70. The summed E-state index contributed by atoms with van der Waals surface area (Å²) in [6.07, 6.45) is 5.67. The van der Waals surface area contributed by atoms with E-state index in [0.29, 0.717) is 33.8 Å². The average molecular weight is 392 g/mol. The third-order valence-corrected chi connectivity index (χ3v) is 5.90. The number of aromatic nitrogens is 2. The molecule has 3 aromatic rings. The lowest BCUT2D eigenvalue weighted by Crippen LogP contribution is -2.33. The summed E-state index contributed by atoms with van der Waals surface area (Å²) in [4.78, 5) is 26.0. The first-order valence-electron chi connectivity index (χ1n) is 9.95. The van der Waals surface area contributed by atoms with Crippen molar-refractivity contribution in [2.45, 2.75) is 38.1 Å². The maximum Gasteiger partial charge on any atom is 0.293 e. The van der Waals surface area contributed by atoms with E-state index in [1.807, 2.05) is 36.2 Å². The van der Waals surface area contributed by atoms with E-state index in [9.17, 15) is 14.9 Å². The Morgan fingerprint density at radius 2 is 1.79 bits per heavy atom. The molecule has 1 fully saturated rings. The number of nitrogens with zero attached hydrogens (tertiary/aromatic N) is 4. The molecule has 0 unspecified atom stereocenters. The predicted octanol–water partition coefficient (Wildman–Crippen LogP) is 4.28. The molecule has 0 radical (unpaired) electrons. The highest BCUT2D eigenvalue weighted by atomic mass is 16.6. The summed E-state index contributed by atoms with van der Waals surface area (Å²) in [7, 11) is 3.54. The molecule has 1 aromatic heterocycles. The Morgan fingerprint density at radius 1 is 1.10 bits per heavy atom. The van der Waals surface area contributed by atoms with E-state index in [1.165, 1.54) is 11.1 Å². The number of hydrogen-bond donors (Lipinski definition) is 0. The molecule has 0 bridgehead atoms. The van der Waals surface area contributed by atoms with Crippen LogP contribution in [0.5, 0.6) is 0 Å². The van der Waals surface area contributed by atoms with E-state index >= 15 is 0 Å². The summed E-state index contributed by atoms with van der Waals surface area (Å²) < 4.78 is 1.28. The first-order chi connectivity index (χ1) is 14.0. The lowest BCUT2D eigenvalue weighted by molar-refractivity contribution is -0.384. The summed E-state index contributed by atoms with van der Waals surface area (Å²) in [5, 5.41) is 17.5. The van der Waals surface area contributed by atoms with Gasteiger partial charge in [0.2, 0.25) is 0 Å². The largest absolute Gasteiger partial charge is 0.366 e. The van der Waals surface area contributed by atoms with Crippen molar-refractivity contribution < 1.29 is 4.92 Å². The molecule has 0 N–H and O–H groups in total. The van der Waals surface area contributed by atoms with Gasteiger partial charge in [-0.25, -0.2) is 4.68 Å². The van der Waals surface area contributed by atoms with E-state index < -0.39 is 0 Å². The molecule has 0 amide bonds. The molecule has 0 spiro atoms. The van der Waals surface area contributed by atoms with Crippen LogP contribution in [0.3, 0.4) is 0 Å². The monoisotopic (exact) mass is 392 g/mol. The molecule has 7 nitrogen and oxygen atoms in total. The van der Waals surface area contributed by atoms with Crippen molar-refractivity contribution in [1.29, 1.82) is 0 Å². The normalized spacial score (nSPS) is 14.8. The van der Waals surface area contributed by atoms with Crippen molar-refractivity contribution >= 4 is 22.1 Å². The number of aryl methyl sites for hydroxylation is 1. The van der Waals surface area contributed by atoms with Gasteiger partial charge < -0.3 is 4.90 Å². The molecule has 1 saturated carbocycles. The van der Waals surface area contributed by atoms with E-state index in [4.69, 9.17) is 0 Å². The number of fused-ring (bicyclic) bond motifs is 1. The zero-order chi connectivity index (χ0) is 20.5. The standard InChI is InChI=1S/C22H24N4O3/c1-24(16-8-4-3-5-9-16)19-13-12-15(14-20(19)26(28)29)21-17-10-6-7-11-18(17)22(27)25(2)23-21/h6-7,10-14,16H,3-5,8-9H2,1-2H3. The minimum absolute atomic E-state index is 0.0651. The molecule has 0 aliphatic heterocycles. The molecular weight excluding hydrogens is 368 g/mol. The minimum atomic E-state index is -0.331. The Hall–Kier alpha value is -3.22. The van der Waals surface area contributed by atoms with Crippen LogP contribution < -0.4 is 10.5 Å². The second-order valence-corrected chi connectivity index (χ2v) is 7.69. The first-order valence-corrected chi connectivity index (χ1v) is 9.95. The van der Waals surface area contributed by atoms with E-state index in [1.54, 1.807) is 25.2 Å². The topological polar surface area (TPSA) is 81.3 Å². The lowest BCUT2D eigenvalue weighted by Gasteiger charge is -2.32. The summed E-state index contributed by atoms with van der Waals surface area (Å²) in [6, 6.07) is 12.8. The third-order valence-electron chi connectivity index (χ3n) is 5.90. The maximum absolute atomic E-state index is 12.4. The van der Waals surface area contributed by atoms with Crippen molar-refractivity contribution in [2.75, 3.05) is 11.9 Å². The Balaban J connectivity index is 1.84. The smallest absolute Gasteiger partial charge is 0.293 e. The third kappa shape index (κ3) is 3.48. The first kappa shape index (κ1) is 19.1. The molecule has 0 atom stereocenters. The van der Waals surface area contributed by atoms with Gasteiger partial charge in [0, 0.05) is 37.2 Å². The van der Waals surface area contributed by atoms with Crippen LogP contribution in [0.25, 0.3) is 22.0 Å². The SMILES string of the molecule is CN(c1ccc(-c2nn(C)c(=O)c3ccccc23)cc1[N+](=O)[O-])C1CCCCC1. The summed E-state index contributed by atoms with van der Waals surface area (Å²) in [6.45, 7) is 0. The average Bonchev–Trinajstić information content (AvgIpc) is 2.76. The van der Waals surface area contributed by atoms with Crippen LogP contribution in [0.15, 0.2) is 47.3 Å². The molecule has 0 saturated heterocycles. The van der Waals surface area contributed by atoms with Crippen LogP contribution in [-0.4, -0.2) is 27.8 Å². The number of nitro groups is 1. The molecule has 7 heteroatoms. The van der Waals surface area contributed by atoms with Crippen molar-refractivity contribution in [3.05, 3.63) is 62.9 Å². The molecule has 1 aliphatic rings. The molecular formula is C22H24N4O3. The molecule has 4 rings (SSSR count). The fraction of sp³-hybridized carbons (Fsp3) is 0.364. The second-order valence-electron chi connectivity index (χ2n) is 7.69. The van der Waals surface area contributed by atoms with Crippen LogP contribution in [0, 0.1) is 10.1 Å². The second kappa shape index (κ2) is 7.66. The molecule has 29 heavy (non-hydrogen) atoms.